The molecule has 0 bridgehead atoms. The molecule has 0 saturated carbocycles. The second-order valence-corrected chi connectivity index (χ2v) is 8.39. The number of nitrogens with one attached hydrogen (secondary N) is 2. The van der Waals surface area contributed by atoms with Crippen LogP contribution in [-0.2, 0) is 11.2 Å². The number of nitrogens with zero attached hydrogens (tertiary/aromatic N) is 2. The fraction of sp³-hybridized carbons (Fsp3) is 0.0909. The number of amides is 2. The van der Waals surface area contributed by atoms with Gasteiger partial charge in [-0.3, -0.25) is 14.9 Å². The van der Waals surface area contributed by atoms with Crippen molar-refractivity contribution in [1.29, 1.82) is 0 Å². The Labute approximate surface area is 181 Å². The van der Waals surface area contributed by atoms with Gasteiger partial charge in [0.1, 0.15) is 11.0 Å². The fourth-order valence-corrected chi connectivity index (χ4v) is 4.24. The number of aromatic nitrogens is 2. The van der Waals surface area contributed by atoms with Gasteiger partial charge in [0.15, 0.2) is 0 Å². The van der Waals surface area contributed by atoms with E-state index in [9.17, 15) is 9.59 Å². The Morgan fingerprint density at radius 2 is 1.63 bits per heavy atom. The molecule has 2 aromatic carbocycles. The van der Waals surface area contributed by atoms with Gasteiger partial charge < -0.3 is 5.32 Å². The molecule has 2 amide bonds. The summed E-state index contributed by atoms with van der Waals surface area (Å²) < 4.78 is 0. The van der Waals surface area contributed by atoms with E-state index in [0.29, 0.717) is 21.4 Å². The molecule has 1 unspecified atom stereocenters. The number of hydrogen-bond acceptors (Lipinski definition) is 6. The van der Waals surface area contributed by atoms with Crippen LogP contribution in [0.25, 0.3) is 10.6 Å². The summed E-state index contributed by atoms with van der Waals surface area (Å²) in [6, 6.07) is 22.0. The summed E-state index contributed by atoms with van der Waals surface area (Å²) >= 11 is 2.62. The van der Waals surface area contributed by atoms with Gasteiger partial charge in [-0.25, -0.2) is 0 Å². The highest BCUT2D eigenvalue weighted by atomic mass is 32.1. The largest absolute Gasteiger partial charge is 0.339 e. The number of hydrogen-bond donors (Lipinski definition) is 2. The molecule has 8 heteroatoms. The lowest BCUT2D eigenvalue weighted by molar-refractivity contribution is -0.118. The van der Waals surface area contributed by atoms with E-state index < -0.39 is 6.04 Å². The van der Waals surface area contributed by atoms with Crippen LogP contribution in [0, 0.1) is 0 Å². The maximum Gasteiger partial charge on any atom is 0.262 e. The van der Waals surface area contributed by atoms with Crippen LogP contribution in [-0.4, -0.2) is 28.1 Å². The second kappa shape index (κ2) is 9.43. The van der Waals surface area contributed by atoms with E-state index in [-0.39, 0.29) is 11.8 Å². The maximum absolute atomic E-state index is 13.0. The van der Waals surface area contributed by atoms with E-state index in [4.69, 9.17) is 0 Å². The predicted molar refractivity (Wildman–Crippen MR) is 120 cm³/mol. The van der Waals surface area contributed by atoms with Gasteiger partial charge in [-0.1, -0.05) is 78.1 Å². The Kier molecular flexibility index (Phi) is 6.26. The minimum Gasteiger partial charge on any atom is -0.339 e. The Hall–Kier alpha value is -3.36. The zero-order valence-electron chi connectivity index (χ0n) is 15.8. The molecule has 4 rings (SSSR count). The molecule has 0 radical (unpaired) electrons. The van der Waals surface area contributed by atoms with E-state index in [0.717, 1.165) is 11.1 Å². The lowest BCUT2D eigenvalue weighted by atomic mass is 10.1. The van der Waals surface area contributed by atoms with Gasteiger partial charge in [0.05, 0.1) is 4.88 Å². The zero-order chi connectivity index (χ0) is 20.8. The zero-order valence-corrected chi connectivity index (χ0v) is 17.5. The minimum absolute atomic E-state index is 0.275. The first-order chi connectivity index (χ1) is 14.7. The number of carbonyl (C=O) groups excluding carboxylic acids is 2. The highest BCUT2D eigenvalue weighted by Crippen LogP contribution is 2.26. The van der Waals surface area contributed by atoms with E-state index in [1.165, 1.54) is 22.7 Å². The number of carbonyl (C=O) groups is 2. The van der Waals surface area contributed by atoms with Crippen molar-refractivity contribution in [1.82, 2.24) is 15.5 Å². The summed E-state index contributed by atoms with van der Waals surface area (Å²) in [6.07, 6.45) is 0.369. The van der Waals surface area contributed by atoms with Crippen molar-refractivity contribution < 1.29 is 9.59 Å². The molecule has 0 spiro atoms. The number of thiophene rings is 1. The van der Waals surface area contributed by atoms with E-state index >= 15 is 0 Å². The topological polar surface area (TPSA) is 84.0 Å². The molecule has 0 fully saturated rings. The normalized spacial score (nSPS) is 11.6. The van der Waals surface area contributed by atoms with Crippen molar-refractivity contribution in [2.45, 2.75) is 12.5 Å². The molecule has 0 aliphatic heterocycles. The van der Waals surface area contributed by atoms with Crippen LogP contribution in [0.15, 0.2) is 78.2 Å². The third-order valence-corrected chi connectivity index (χ3v) is 6.08. The molecular formula is C22H18N4O2S2. The van der Waals surface area contributed by atoms with Crippen molar-refractivity contribution in [3.05, 3.63) is 88.6 Å². The lowest BCUT2D eigenvalue weighted by Crippen LogP contribution is -2.45. The summed E-state index contributed by atoms with van der Waals surface area (Å²) in [5.41, 5.74) is 1.88. The van der Waals surface area contributed by atoms with Crippen LogP contribution < -0.4 is 10.6 Å². The highest BCUT2D eigenvalue weighted by molar-refractivity contribution is 7.18. The monoisotopic (exact) mass is 434 g/mol. The molecule has 2 N–H and O–H groups in total. The summed E-state index contributed by atoms with van der Waals surface area (Å²) in [6.45, 7) is 0. The molecule has 30 heavy (non-hydrogen) atoms. The first-order valence-corrected chi connectivity index (χ1v) is 11.0. The van der Waals surface area contributed by atoms with Gasteiger partial charge in [0.2, 0.25) is 11.0 Å². The number of rotatable bonds is 7. The standard InChI is InChI=1S/C22H18N4O2S2/c27-19(24-22-26-25-21(30-22)16-10-5-2-6-11-16)17(14-15-8-3-1-4-9-15)23-20(28)18-12-7-13-29-18/h1-13,17H,14H2,(H,23,28)(H,24,26,27). The average molecular weight is 435 g/mol. The van der Waals surface area contributed by atoms with Crippen LogP contribution in [0.1, 0.15) is 15.2 Å². The second-order valence-electron chi connectivity index (χ2n) is 6.46. The van der Waals surface area contributed by atoms with Crippen LogP contribution in [0.5, 0.6) is 0 Å². The first-order valence-electron chi connectivity index (χ1n) is 9.27. The van der Waals surface area contributed by atoms with Crippen molar-refractivity contribution in [3.63, 3.8) is 0 Å². The Bertz CT molecular complexity index is 1110. The Morgan fingerprint density at radius 3 is 2.33 bits per heavy atom. The van der Waals surface area contributed by atoms with Crippen molar-refractivity contribution in [3.8, 4) is 10.6 Å². The Balaban J connectivity index is 1.50. The molecular weight excluding hydrogens is 416 g/mol. The summed E-state index contributed by atoms with van der Waals surface area (Å²) in [4.78, 5) is 26.1. The molecule has 6 nitrogen and oxygen atoms in total. The van der Waals surface area contributed by atoms with Crippen molar-refractivity contribution in [2.75, 3.05) is 5.32 Å². The highest BCUT2D eigenvalue weighted by Gasteiger charge is 2.23. The smallest absolute Gasteiger partial charge is 0.262 e. The quantitative estimate of drug-likeness (QED) is 0.456. The van der Waals surface area contributed by atoms with Crippen LogP contribution >= 0.6 is 22.7 Å². The molecule has 0 aliphatic carbocycles. The van der Waals surface area contributed by atoms with Gasteiger partial charge in [0.25, 0.3) is 5.91 Å². The van der Waals surface area contributed by atoms with Crippen LogP contribution in [0.2, 0.25) is 0 Å². The number of anilines is 1. The first kappa shape index (κ1) is 19.9. The average Bonchev–Trinajstić information content (AvgIpc) is 3.47. The molecule has 1 atom stereocenters. The van der Waals surface area contributed by atoms with E-state index in [1.807, 2.05) is 66.0 Å². The molecule has 2 heterocycles. The SMILES string of the molecule is O=C(NC(Cc1ccccc1)C(=O)Nc1nnc(-c2ccccc2)s1)c1cccs1. The van der Waals surface area contributed by atoms with Gasteiger partial charge in [-0.05, 0) is 17.0 Å². The molecule has 4 aromatic rings. The molecule has 0 aliphatic rings. The van der Waals surface area contributed by atoms with Gasteiger partial charge in [0, 0.05) is 12.0 Å². The third-order valence-electron chi connectivity index (χ3n) is 4.33. The summed E-state index contributed by atoms with van der Waals surface area (Å²) in [5.74, 6) is -0.608. The van der Waals surface area contributed by atoms with Gasteiger partial charge in [-0.2, -0.15) is 0 Å². The molecule has 0 saturated heterocycles. The van der Waals surface area contributed by atoms with E-state index in [1.54, 1.807) is 12.1 Å². The van der Waals surface area contributed by atoms with Crippen molar-refractivity contribution in [2.24, 2.45) is 0 Å². The van der Waals surface area contributed by atoms with E-state index in [2.05, 4.69) is 20.8 Å². The summed E-state index contributed by atoms with van der Waals surface area (Å²) in [7, 11) is 0. The maximum atomic E-state index is 13.0. The fourth-order valence-electron chi connectivity index (χ4n) is 2.86. The third kappa shape index (κ3) is 4.97. The minimum atomic E-state index is -0.744. The predicted octanol–water partition coefficient (Wildman–Crippen LogP) is 4.25. The van der Waals surface area contributed by atoms with Gasteiger partial charge >= 0.3 is 0 Å². The van der Waals surface area contributed by atoms with Crippen LogP contribution in [0.4, 0.5) is 5.13 Å². The molecule has 150 valence electrons. The van der Waals surface area contributed by atoms with Gasteiger partial charge in [-0.15, -0.1) is 21.5 Å². The lowest BCUT2D eigenvalue weighted by Gasteiger charge is -2.17. The van der Waals surface area contributed by atoms with Crippen molar-refractivity contribution >= 4 is 39.6 Å². The molecule has 2 aromatic heterocycles. The van der Waals surface area contributed by atoms with Crippen LogP contribution in [0.3, 0.4) is 0 Å². The summed E-state index contributed by atoms with van der Waals surface area (Å²) in [5, 5.41) is 16.8. The number of benzene rings is 2. The Morgan fingerprint density at radius 1 is 0.900 bits per heavy atom.